The fourth-order valence-corrected chi connectivity index (χ4v) is 4.34. The molecule has 0 aromatic rings. The van der Waals surface area contributed by atoms with Crippen LogP contribution in [0.1, 0.15) is 39.5 Å². The molecule has 3 nitrogen and oxygen atoms in total. The van der Waals surface area contributed by atoms with Crippen molar-refractivity contribution in [2.24, 2.45) is 5.92 Å². The smallest absolute Gasteiger partial charge is 0.0304 e. The molecule has 0 radical (unpaired) electrons. The van der Waals surface area contributed by atoms with Gasteiger partial charge in [0, 0.05) is 37.8 Å². The minimum atomic E-state index is 0.393. The van der Waals surface area contributed by atoms with E-state index in [2.05, 4.69) is 29.0 Å². The molecule has 18 heavy (non-hydrogen) atoms. The summed E-state index contributed by atoms with van der Waals surface area (Å²) in [6, 6.07) is 0.854. The van der Waals surface area contributed by atoms with Crippen molar-refractivity contribution in [1.29, 1.82) is 0 Å². The molecule has 104 valence electrons. The predicted molar refractivity (Wildman–Crippen MR) is 75.8 cm³/mol. The van der Waals surface area contributed by atoms with Crippen molar-refractivity contribution in [2.45, 2.75) is 51.1 Å². The number of hydrogen-bond acceptors (Lipinski definition) is 3. The van der Waals surface area contributed by atoms with E-state index >= 15 is 0 Å². The standard InChI is InChI=1S/C15H29N3/c1-3-15(4-2)12-18(10-7-16-15)14-11-17-8-5-13(14)6-9-17/h13-14,16H,3-12H2,1-2H3. The molecule has 2 bridgehead atoms. The van der Waals surface area contributed by atoms with Gasteiger partial charge in [-0.15, -0.1) is 0 Å². The molecule has 0 aromatic carbocycles. The Morgan fingerprint density at radius 2 is 1.83 bits per heavy atom. The van der Waals surface area contributed by atoms with Crippen LogP contribution in [0.15, 0.2) is 0 Å². The van der Waals surface area contributed by atoms with Crippen LogP contribution in [0.2, 0.25) is 0 Å². The minimum Gasteiger partial charge on any atom is -0.309 e. The van der Waals surface area contributed by atoms with E-state index in [1.165, 1.54) is 65.0 Å². The van der Waals surface area contributed by atoms with Crippen LogP contribution in [0.25, 0.3) is 0 Å². The fourth-order valence-electron chi connectivity index (χ4n) is 4.34. The maximum Gasteiger partial charge on any atom is 0.0304 e. The van der Waals surface area contributed by atoms with E-state index in [4.69, 9.17) is 0 Å². The molecular weight excluding hydrogens is 222 g/mol. The van der Waals surface area contributed by atoms with Crippen LogP contribution < -0.4 is 5.32 Å². The van der Waals surface area contributed by atoms with E-state index in [9.17, 15) is 0 Å². The van der Waals surface area contributed by atoms with Crippen LogP contribution in [0.5, 0.6) is 0 Å². The second kappa shape index (κ2) is 5.10. The Balaban J connectivity index is 1.69. The van der Waals surface area contributed by atoms with Crippen LogP contribution in [0.4, 0.5) is 0 Å². The summed E-state index contributed by atoms with van der Waals surface area (Å²) in [6.07, 6.45) is 5.42. The van der Waals surface area contributed by atoms with Crippen LogP contribution in [-0.2, 0) is 0 Å². The molecule has 4 rings (SSSR count). The topological polar surface area (TPSA) is 18.5 Å². The third kappa shape index (κ3) is 2.21. The van der Waals surface area contributed by atoms with Gasteiger partial charge in [-0.25, -0.2) is 0 Å². The lowest BCUT2D eigenvalue weighted by atomic mass is 9.81. The van der Waals surface area contributed by atoms with Crippen molar-refractivity contribution in [2.75, 3.05) is 39.3 Å². The number of hydrogen-bond donors (Lipinski definition) is 1. The van der Waals surface area contributed by atoms with E-state index in [-0.39, 0.29) is 0 Å². The van der Waals surface area contributed by atoms with Crippen LogP contribution in [0, 0.1) is 5.92 Å². The van der Waals surface area contributed by atoms with Crippen molar-refractivity contribution < 1.29 is 0 Å². The Kier molecular flexibility index (Phi) is 3.65. The van der Waals surface area contributed by atoms with Crippen LogP contribution in [-0.4, -0.2) is 60.6 Å². The lowest BCUT2D eigenvalue weighted by Gasteiger charge is -2.53. The average Bonchev–Trinajstić information content (AvgIpc) is 2.48. The highest BCUT2D eigenvalue weighted by molar-refractivity contribution is 4.99. The molecule has 1 N–H and O–H groups in total. The highest BCUT2D eigenvalue weighted by atomic mass is 15.3. The highest BCUT2D eigenvalue weighted by Crippen LogP contribution is 2.33. The molecule has 0 spiro atoms. The van der Waals surface area contributed by atoms with Gasteiger partial charge in [0.1, 0.15) is 0 Å². The van der Waals surface area contributed by atoms with E-state index < -0.39 is 0 Å². The first kappa shape index (κ1) is 12.9. The Bertz CT molecular complexity index is 279. The van der Waals surface area contributed by atoms with Gasteiger partial charge >= 0.3 is 0 Å². The van der Waals surface area contributed by atoms with Crippen molar-refractivity contribution in [3.05, 3.63) is 0 Å². The molecule has 3 heteroatoms. The van der Waals surface area contributed by atoms with Crippen LogP contribution >= 0.6 is 0 Å². The highest BCUT2D eigenvalue weighted by Gasteiger charge is 2.41. The Morgan fingerprint density at radius 3 is 2.39 bits per heavy atom. The number of piperazine rings is 1. The number of nitrogens with one attached hydrogen (secondary N) is 1. The Labute approximate surface area is 112 Å². The SMILES string of the molecule is CCC1(CC)CN(C2CN3CCC2CC3)CCN1. The van der Waals surface area contributed by atoms with Gasteiger partial charge in [-0.1, -0.05) is 13.8 Å². The van der Waals surface area contributed by atoms with Gasteiger partial charge in [-0.05, 0) is 44.7 Å². The average molecular weight is 251 g/mol. The molecule has 1 atom stereocenters. The molecule has 4 fully saturated rings. The van der Waals surface area contributed by atoms with Gasteiger partial charge in [-0.3, -0.25) is 4.90 Å². The lowest BCUT2D eigenvalue weighted by Crippen LogP contribution is -2.66. The van der Waals surface area contributed by atoms with Gasteiger partial charge in [0.25, 0.3) is 0 Å². The molecule has 4 heterocycles. The first-order chi connectivity index (χ1) is 8.76. The molecule has 1 unspecified atom stereocenters. The van der Waals surface area contributed by atoms with E-state index in [0.717, 1.165) is 12.0 Å². The monoisotopic (exact) mass is 251 g/mol. The number of piperidine rings is 3. The van der Waals surface area contributed by atoms with Crippen molar-refractivity contribution in [3.63, 3.8) is 0 Å². The quantitative estimate of drug-likeness (QED) is 0.821. The normalized spacial score (nSPS) is 40.0. The molecule has 0 saturated carbocycles. The summed E-state index contributed by atoms with van der Waals surface area (Å²) < 4.78 is 0. The third-order valence-electron chi connectivity index (χ3n) is 5.85. The summed E-state index contributed by atoms with van der Waals surface area (Å²) in [5, 5.41) is 3.79. The molecule has 0 aromatic heterocycles. The predicted octanol–water partition coefficient (Wildman–Crippen LogP) is 1.54. The summed E-state index contributed by atoms with van der Waals surface area (Å²) in [5.74, 6) is 0.986. The number of fused-ring (bicyclic) bond motifs is 3. The molecule has 0 aliphatic carbocycles. The zero-order valence-electron chi connectivity index (χ0n) is 12.1. The third-order valence-corrected chi connectivity index (χ3v) is 5.85. The fraction of sp³-hybridized carbons (Fsp3) is 1.00. The van der Waals surface area contributed by atoms with Gasteiger partial charge in [0.15, 0.2) is 0 Å². The Hall–Kier alpha value is -0.120. The number of nitrogens with zero attached hydrogens (tertiary/aromatic N) is 2. The van der Waals surface area contributed by atoms with E-state index in [0.29, 0.717) is 5.54 Å². The summed E-state index contributed by atoms with van der Waals surface area (Å²) >= 11 is 0. The summed E-state index contributed by atoms with van der Waals surface area (Å²) in [4.78, 5) is 5.51. The van der Waals surface area contributed by atoms with E-state index in [1.807, 2.05) is 0 Å². The number of rotatable bonds is 3. The molecule has 4 saturated heterocycles. The molecule has 4 aliphatic rings. The van der Waals surface area contributed by atoms with Crippen molar-refractivity contribution >= 4 is 0 Å². The Morgan fingerprint density at radius 1 is 1.11 bits per heavy atom. The first-order valence-corrected chi connectivity index (χ1v) is 7.98. The van der Waals surface area contributed by atoms with Gasteiger partial charge in [-0.2, -0.15) is 0 Å². The summed E-state index contributed by atoms with van der Waals surface area (Å²) in [6.45, 7) is 12.5. The maximum atomic E-state index is 3.79. The summed E-state index contributed by atoms with van der Waals surface area (Å²) in [5.41, 5.74) is 0.393. The van der Waals surface area contributed by atoms with Crippen molar-refractivity contribution in [1.82, 2.24) is 15.1 Å². The first-order valence-electron chi connectivity index (χ1n) is 7.98. The van der Waals surface area contributed by atoms with Crippen LogP contribution in [0.3, 0.4) is 0 Å². The molecule has 0 amide bonds. The zero-order valence-corrected chi connectivity index (χ0v) is 12.1. The molecular formula is C15H29N3. The summed E-state index contributed by atoms with van der Waals surface area (Å²) in [7, 11) is 0. The minimum absolute atomic E-state index is 0.393. The van der Waals surface area contributed by atoms with Gasteiger partial charge < -0.3 is 10.2 Å². The lowest BCUT2D eigenvalue weighted by molar-refractivity contribution is -0.0208. The molecule has 4 aliphatic heterocycles. The second-order valence-corrected chi connectivity index (χ2v) is 6.59. The van der Waals surface area contributed by atoms with Crippen molar-refractivity contribution in [3.8, 4) is 0 Å². The largest absolute Gasteiger partial charge is 0.309 e. The van der Waals surface area contributed by atoms with Gasteiger partial charge in [0.05, 0.1) is 0 Å². The second-order valence-electron chi connectivity index (χ2n) is 6.59. The maximum absolute atomic E-state index is 3.79. The van der Waals surface area contributed by atoms with E-state index in [1.54, 1.807) is 0 Å². The van der Waals surface area contributed by atoms with Gasteiger partial charge in [0.2, 0.25) is 0 Å². The zero-order chi connectivity index (χ0) is 12.6.